The van der Waals surface area contributed by atoms with Crippen LogP contribution in [0.2, 0.25) is 0 Å². The lowest BCUT2D eigenvalue weighted by atomic mass is 9.88. The molecule has 19 heavy (non-hydrogen) atoms. The van der Waals surface area contributed by atoms with Gasteiger partial charge in [0.1, 0.15) is 11.6 Å². The van der Waals surface area contributed by atoms with Crippen molar-refractivity contribution in [1.82, 2.24) is 9.97 Å². The minimum Gasteiger partial charge on any atom is -0.368 e. The predicted octanol–water partition coefficient (Wildman–Crippen LogP) is 2.07. The van der Waals surface area contributed by atoms with E-state index in [2.05, 4.69) is 36.1 Å². The molecule has 0 bridgehead atoms. The van der Waals surface area contributed by atoms with Crippen LogP contribution < -0.4 is 16.6 Å². The summed E-state index contributed by atoms with van der Waals surface area (Å²) in [4.78, 5) is 18.6. The highest BCUT2D eigenvalue weighted by Crippen LogP contribution is 2.20. The van der Waals surface area contributed by atoms with E-state index in [-0.39, 0.29) is 22.9 Å². The van der Waals surface area contributed by atoms with Gasteiger partial charge in [0.15, 0.2) is 0 Å². The van der Waals surface area contributed by atoms with Gasteiger partial charge in [0, 0.05) is 24.6 Å². The molecule has 0 fully saturated rings. The van der Waals surface area contributed by atoms with Gasteiger partial charge in [-0.3, -0.25) is 4.79 Å². The van der Waals surface area contributed by atoms with Gasteiger partial charge in [0.2, 0.25) is 0 Å². The van der Waals surface area contributed by atoms with Gasteiger partial charge in [0.25, 0.3) is 5.56 Å². The van der Waals surface area contributed by atoms with Crippen LogP contribution >= 0.6 is 0 Å². The first-order valence-corrected chi connectivity index (χ1v) is 6.78. The molecule has 0 aliphatic rings. The van der Waals surface area contributed by atoms with Crippen molar-refractivity contribution in [2.24, 2.45) is 11.1 Å². The molecule has 1 unspecified atom stereocenters. The molecular weight excluding hydrogens is 240 g/mol. The quantitative estimate of drug-likeness (QED) is 0.761. The zero-order chi connectivity index (χ0) is 14.6. The van der Waals surface area contributed by atoms with Crippen LogP contribution in [0.25, 0.3) is 0 Å². The first-order chi connectivity index (χ1) is 8.67. The Bertz CT molecular complexity index is 459. The number of nitrogens with zero attached hydrogens (tertiary/aromatic N) is 1. The van der Waals surface area contributed by atoms with Crippen molar-refractivity contribution in [2.45, 2.75) is 53.0 Å². The predicted molar refractivity (Wildman–Crippen MR) is 79.5 cm³/mol. The lowest BCUT2D eigenvalue weighted by Gasteiger charge is -2.23. The largest absolute Gasteiger partial charge is 0.368 e. The Kier molecular flexibility index (Phi) is 5.11. The Labute approximate surface area is 115 Å². The van der Waals surface area contributed by atoms with Gasteiger partial charge in [-0.2, -0.15) is 0 Å². The number of rotatable bonds is 5. The van der Waals surface area contributed by atoms with E-state index in [4.69, 9.17) is 5.73 Å². The van der Waals surface area contributed by atoms with Gasteiger partial charge < -0.3 is 16.0 Å². The third-order valence-corrected chi connectivity index (χ3v) is 2.73. The number of H-pyrrole nitrogens is 1. The van der Waals surface area contributed by atoms with Crippen LogP contribution in [-0.2, 0) is 0 Å². The van der Waals surface area contributed by atoms with Crippen molar-refractivity contribution in [3.05, 3.63) is 22.2 Å². The van der Waals surface area contributed by atoms with E-state index >= 15 is 0 Å². The van der Waals surface area contributed by atoms with Gasteiger partial charge in [-0.05, 0) is 11.8 Å². The van der Waals surface area contributed by atoms with Gasteiger partial charge in [-0.25, -0.2) is 4.98 Å². The number of aromatic nitrogens is 2. The molecular formula is C14H26N4O. The fraction of sp³-hybridized carbons (Fsp3) is 0.714. The summed E-state index contributed by atoms with van der Waals surface area (Å²) in [7, 11) is 0. The van der Waals surface area contributed by atoms with E-state index in [1.165, 1.54) is 6.07 Å². The molecule has 0 spiro atoms. The van der Waals surface area contributed by atoms with Crippen LogP contribution in [0.5, 0.6) is 0 Å². The summed E-state index contributed by atoms with van der Waals surface area (Å²) in [5.74, 6) is 1.48. The molecule has 4 N–H and O–H groups in total. The molecule has 0 saturated carbocycles. The summed E-state index contributed by atoms with van der Waals surface area (Å²) in [6.07, 6.45) is 0.917. The lowest BCUT2D eigenvalue weighted by Crippen LogP contribution is -2.33. The molecule has 0 saturated heterocycles. The molecule has 0 radical (unpaired) electrons. The third-order valence-electron chi connectivity index (χ3n) is 2.73. The highest BCUT2D eigenvalue weighted by atomic mass is 16.1. The van der Waals surface area contributed by atoms with Gasteiger partial charge in [-0.15, -0.1) is 0 Å². The summed E-state index contributed by atoms with van der Waals surface area (Å²) < 4.78 is 0. The average molecular weight is 266 g/mol. The van der Waals surface area contributed by atoms with Crippen LogP contribution in [0.4, 0.5) is 5.82 Å². The van der Waals surface area contributed by atoms with Crippen LogP contribution in [0.3, 0.4) is 0 Å². The summed E-state index contributed by atoms with van der Waals surface area (Å²) in [5, 5.41) is 3.15. The van der Waals surface area contributed by atoms with Crippen molar-refractivity contribution in [2.75, 3.05) is 11.9 Å². The van der Waals surface area contributed by atoms with Gasteiger partial charge in [0.05, 0.1) is 0 Å². The number of nitrogens with one attached hydrogen (secondary N) is 2. The Morgan fingerprint density at radius 1 is 1.42 bits per heavy atom. The summed E-state index contributed by atoms with van der Waals surface area (Å²) in [6, 6.07) is 1.51. The molecule has 0 amide bonds. The molecule has 108 valence electrons. The summed E-state index contributed by atoms with van der Waals surface area (Å²) in [5.41, 5.74) is 6.13. The van der Waals surface area contributed by atoms with Crippen LogP contribution in [0, 0.1) is 5.41 Å². The molecule has 5 nitrogen and oxygen atoms in total. The van der Waals surface area contributed by atoms with Crippen molar-refractivity contribution < 1.29 is 0 Å². The first-order valence-electron chi connectivity index (χ1n) is 6.78. The second-order valence-corrected chi connectivity index (χ2v) is 6.58. The van der Waals surface area contributed by atoms with E-state index in [0.29, 0.717) is 18.2 Å². The molecule has 1 aromatic rings. The van der Waals surface area contributed by atoms with Crippen molar-refractivity contribution in [3.8, 4) is 0 Å². The maximum Gasteiger partial charge on any atom is 0.252 e. The van der Waals surface area contributed by atoms with Gasteiger partial charge in [-0.1, -0.05) is 34.6 Å². The SMILES string of the molecule is CC(C)c1nc(NCC(N)CC(C)(C)C)cc(=O)[nH]1. The maximum atomic E-state index is 11.5. The lowest BCUT2D eigenvalue weighted by molar-refractivity contribution is 0.344. The zero-order valence-corrected chi connectivity index (χ0v) is 12.6. The second-order valence-electron chi connectivity index (χ2n) is 6.58. The highest BCUT2D eigenvalue weighted by molar-refractivity contribution is 5.33. The molecule has 1 rings (SSSR count). The topological polar surface area (TPSA) is 83.8 Å². The van der Waals surface area contributed by atoms with Crippen LogP contribution in [-0.4, -0.2) is 22.6 Å². The molecule has 1 heterocycles. The smallest absolute Gasteiger partial charge is 0.252 e. The Morgan fingerprint density at radius 3 is 2.58 bits per heavy atom. The Hall–Kier alpha value is -1.36. The van der Waals surface area contributed by atoms with E-state index in [1.54, 1.807) is 0 Å². The third kappa shape index (κ3) is 5.87. The van der Waals surface area contributed by atoms with E-state index in [0.717, 1.165) is 6.42 Å². The first kappa shape index (κ1) is 15.7. The maximum absolute atomic E-state index is 11.5. The second kappa shape index (κ2) is 6.19. The normalized spacial score (nSPS) is 13.6. The monoisotopic (exact) mass is 266 g/mol. The number of aromatic amines is 1. The summed E-state index contributed by atoms with van der Waals surface area (Å²) in [6.45, 7) is 11.1. The van der Waals surface area contributed by atoms with Crippen LogP contribution in [0.1, 0.15) is 52.8 Å². The number of nitrogens with two attached hydrogens (primary N) is 1. The van der Waals surface area contributed by atoms with Crippen molar-refractivity contribution in [1.29, 1.82) is 0 Å². The van der Waals surface area contributed by atoms with E-state index < -0.39 is 0 Å². The van der Waals surface area contributed by atoms with Crippen molar-refractivity contribution in [3.63, 3.8) is 0 Å². The molecule has 0 aliphatic heterocycles. The number of hydrogen-bond donors (Lipinski definition) is 3. The number of anilines is 1. The van der Waals surface area contributed by atoms with E-state index in [1.807, 2.05) is 13.8 Å². The van der Waals surface area contributed by atoms with Crippen LogP contribution in [0.15, 0.2) is 10.9 Å². The van der Waals surface area contributed by atoms with E-state index in [9.17, 15) is 4.79 Å². The Balaban J connectivity index is 2.65. The molecule has 0 aromatic carbocycles. The average Bonchev–Trinajstić information content (AvgIpc) is 2.23. The molecule has 0 aliphatic carbocycles. The van der Waals surface area contributed by atoms with Gasteiger partial charge >= 0.3 is 0 Å². The minimum atomic E-state index is -0.134. The summed E-state index contributed by atoms with van der Waals surface area (Å²) >= 11 is 0. The standard InChI is InChI=1S/C14H26N4O/c1-9(2)13-17-11(6-12(19)18-13)16-8-10(15)7-14(3,4)5/h6,9-10H,7-8,15H2,1-5H3,(H2,16,17,18,19). The highest BCUT2D eigenvalue weighted by Gasteiger charge is 2.15. The van der Waals surface area contributed by atoms with Crippen molar-refractivity contribution >= 4 is 5.82 Å². The molecule has 5 heteroatoms. The molecule has 1 aromatic heterocycles. The fourth-order valence-corrected chi connectivity index (χ4v) is 1.93. The minimum absolute atomic E-state index is 0.0450. The fourth-order valence-electron chi connectivity index (χ4n) is 1.93. The number of hydrogen-bond acceptors (Lipinski definition) is 4. The molecule has 1 atom stereocenters. The zero-order valence-electron chi connectivity index (χ0n) is 12.6. The Morgan fingerprint density at radius 2 is 2.05 bits per heavy atom.